The van der Waals surface area contributed by atoms with Gasteiger partial charge in [-0.15, -0.1) is 16.4 Å². The fourth-order valence-corrected chi connectivity index (χ4v) is 2.96. The predicted molar refractivity (Wildman–Crippen MR) is 83.1 cm³/mol. The fraction of sp³-hybridized carbons (Fsp3) is 0.308. The summed E-state index contributed by atoms with van der Waals surface area (Å²) in [5.74, 6) is 0. The Morgan fingerprint density at radius 3 is 2.91 bits per heavy atom. The lowest BCUT2D eigenvalue weighted by Crippen LogP contribution is -2.52. The number of carbonyl (C=O) groups excluding carboxylic acids is 1. The number of hydrogen-bond donors (Lipinski definition) is 1. The van der Waals surface area contributed by atoms with Crippen LogP contribution in [0.3, 0.4) is 0 Å². The molecular formula is C13H14N8OS. The van der Waals surface area contributed by atoms with E-state index in [4.69, 9.17) is 0 Å². The van der Waals surface area contributed by atoms with E-state index in [0.717, 1.165) is 10.7 Å². The summed E-state index contributed by atoms with van der Waals surface area (Å²) in [5, 5.41) is 22.0. The van der Waals surface area contributed by atoms with Crippen LogP contribution in [-0.2, 0) is 6.54 Å². The normalized spacial score (nSPS) is 14.7. The van der Waals surface area contributed by atoms with Gasteiger partial charge in [0.2, 0.25) is 0 Å². The summed E-state index contributed by atoms with van der Waals surface area (Å²) in [6, 6.07) is 3.87. The van der Waals surface area contributed by atoms with E-state index in [1.54, 1.807) is 26.8 Å². The highest BCUT2D eigenvalue weighted by molar-refractivity contribution is 7.14. The number of nitrogens with zero attached hydrogens (tertiary/aromatic N) is 7. The van der Waals surface area contributed by atoms with Crippen LogP contribution in [0.1, 0.15) is 11.7 Å². The molecule has 0 aromatic carbocycles. The SMILES string of the molecule is O=C(Nc1cccs1)N1CC(n2cc(Cn3nccn3)nn2)C1. The smallest absolute Gasteiger partial charge is 0.320 e. The van der Waals surface area contributed by atoms with Crippen LogP contribution >= 0.6 is 11.3 Å². The molecule has 3 aromatic heterocycles. The van der Waals surface area contributed by atoms with Gasteiger partial charge in [-0.1, -0.05) is 5.21 Å². The van der Waals surface area contributed by atoms with Crippen molar-refractivity contribution in [3.05, 3.63) is 41.8 Å². The Hall–Kier alpha value is -2.75. The van der Waals surface area contributed by atoms with Crippen molar-refractivity contribution in [2.75, 3.05) is 18.4 Å². The van der Waals surface area contributed by atoms with Gasteiger partial charge in [-0.2, -0.15) is 15.0 Å². The molecule has 0 aliphatic carbocycles. The lowest BCUT2D eigenvalue weighted by Gasteiger charge is -2.38. The van der Waals surface area contributed by atoms with Crippen molar-refractivity contribution in [1.29, 1.82) is 0 Å². The van der Waals surface area contributed by atoms with Crippen molar-refractivity contribution >= 4 is 22.4 Å². The molecule has 10 heteroatoms. The second-order valence-electron chi connectivity index (χ2n) is 5.22. The molecule has 3 aromatic rings. The van der Waals surface area contributed by atoms with E-state index in [9.17, 15) is 4.79 Å². The molecule has 1 saturated heterocycles. The molecule has 1 aliphatic rings. The maximum atomic E-state index is 12.0. The Balaban J connectivity index is 1.31. The molecule has 0 bridgehead atoms. The lowest BCUT2D eigenvalue weighted by atomic mass is 10.1. The van der Waals surface area contributed by atoms with Crippen LogP contribution in [0.4, 0.5) is 9.80 Å². The first kappa shape index (κ1) is 13.9. The van der Waals surface area contributed by atoms with Crippen molar-refractivity contribution in [3.63, 3.8) is 0 Å². The number of carbonyl (C=O) groups is 1. The lowest BCUT2D eigenvalue weighted by molar-refractivity contribution is 0.127. The second kappa shape index (κ2) is 5.80. The molecule has 1 fully saturated rings. The summed E-state index contributed by atoms with van der Waals surface area (Å²) in [6.45, 7) is 1.74. The third-order valence-corrected chi connectivity index (χ3v) is 4.39. The van der Waals surface area contributed by atoms with Gasteiger partial charge in [0.1, 0.15) is 12.2 Å². The third-order valence-electron chi connectivity index (χ3n) is 3.60. The molecule has 23 heavy (non-hydrogen) atoms. The molecule has 4 heterocycles. The number of aromatic nitrogens is 6. The molecule has 4 rings (SSSR count). The van der Waals surface area contributed by atoms with E-state index in [1.807, 2.05) is 23.7 Å². The van der Waals surface area contributed by atoms with Crippen LogP contribution in [0.5, 0.6) is 0 Å². The van der Waals surface area contributed by atoms with Gasteiger partial charge >= 0.3 is 6.03 Å². The highest BCUT2D eigenvalue weighted by Crippen LogP contribution is 2.23. The van der Waals surface area contributed by atoms with Crippen LogP contribution in [0, 0.1) is 0 Å². The molecule has 0 saturated carbocycles. The van der Waals surface area contributed by atoms with Gasteiger partial charge in [0.15, 0.2) is 0 Å². The zero-order valence-corrected chi connectivity index (χ0v) is 12.9. The molecule has 0 spiro atoms. The van der Waals surface area contributed by atoms with Gasteiger partial charge < -0.3 is 4.90 Å². The van der Waals surface area contributed by atoms with Crippen LogP contribution in [0.2, 0.25) is 0 Å². The first-order valence-corrected chi connectivity index (χ1v) is 8.00. The Labute approximate surface area is 135 Å². The number of rotatable bonds is 4. The van der Waals surface area contributed by atoms with E-state index in [1.165, 1.54) is 11.3 Å². The largest absolute Gasteiger partial charge is 0.322 e. The summed E-state index contributed by atoms with van der Waals surface area (Å²) in [7, 11) is 0. The molecule has 0 unspecified atom stereocenters. The van der Waals surface area contributed by atoms with Crippen molar-refractivity contribution in [3.8, 4) is 0 Å². The molecule has 0 radical (unpaired) electrons. The summed E-state index contributed by atoms with van der Waals surface area (Å²) in [6.07, 6.45) is 5.13. The Morgan fingerprint density at radius 2 is 2.17 bits per heavy atom. The highest BCUT2D eigenvalue weighted by atomic mass is 32.1. The van der Waals surface area contributed by atoms with Gasteiger partial charge in [0.05, 0.1) is 29.6 Å². The van der Waals surface area contributed by atoms with E-state index in [2.05, 4.69) is 25.8 Å². The number of urea groups is 1. The Kier molecular flexibility index (Phi) is 3.50. The average Bonchev–Trinajstić information content (AvgIpc) is 3.20. The minimum Gasteiger partial charge on any atom is -0.320 e. The summed E-state index contributed by atoms with van der Waals surface area (Å²) in [4.78, 5) is 15.3. The molecule has 2 amide bonds. The Morgan fingerprint density at radius 1 is 1.35 bits per heavy atom. The third kappa shape index (κ3) is 2.93. The molecule has 9 nitrogen and oxygen atoms in total. The van der Waals surface area contributed by atoms with E-state index in [-0.39, 0.29) is 12.1 Å². The van der Waals surface area contributed by atoms with Crippen molar-refractivity contribution in [2.45, 2.75) is 12.6 Å². The standard InChI is InChI=1S/C13H14N8OS/c22-13(16-12-2-1-5-23-12)19-8-11(9-19)20-6-10(17-18-20)7-21-14-3-4-15-21/h1-6,11H,7-9H2,(H,16,22). The summed E-state index contributed by atoms with van der Waals surface area (Å²) >= 11 is 1.51. The van der Waals surface area contributed by atoms with E-state index >= 15 is 0 Å². The van der Waals surface area contributed by atoms with Crippen LogP contribution < -0.4 is 5.32 Å². The minimum absolute atomic E-state index is 0.0789. The molecular weight excluding hydrogens is 316 g/mol. The van der Waals surface area contributed by atoms with Crippen molar-refractivity contribution in [2.24, 2.45) is 0 Å². The average molecular weight is 330 g/mol. The van der Waals surface area contributed by atoms with Crippen LogP contribution in [-0.4, -0.2) is 54.0 Å². The summed E-state index contributed by atoms with van der Waals surface area (Å²) in [5.41, 5.74) is 0.794. The first-order chi connectivity index (χ1) is 11.3. The Bertz CT molecular complexity index is 775. The van der Waals surface area contributed by atoms with Crippen molar-refractivity contribution < 1.29 is 4.79 Å². The predicted octanol–water partition coefficient (Wildman–Crippen LogP) is 1.07. The van der Waals surface area contributed by atoms with Gasteiger partial charge in [0.25, 0.3) is 0 Å². The van der Waals surface area contributed by atoms with Crippen LogP contribution in [0.25, 0.3) is 0 Å². The maximum absolute atomic E-state index is 12.0. The zero-order chi connectivity index (χ0) is 15.6. The zero-order valence-electron chi connectivity index (χ0n) is 12.1. The monoisotopic (exact) mass is 330 g/mol. The second-order valence-corrected chi connectivity index (χ2v) is 6.16. The first-order valence-electron chi connectivity index (χ1n) is 7.12. The molecule has 1 aliphatic heterocycles. The number of nitrogens with one attached hydrogen (secondary N) is 1. The minimum atomic E-state index is -0.0789. The van der Waals surface area contributed by atoms with Gasteiger partial charge in [-0.25, -0.2) is 9.48 Å². The number of likely N-dealkylation sites (tertiary alicyclic amines) is 1. The van der Waals surface area contributed by atoms with Crippen molar-refractivity contribution in [1.82, 2.24) is 34.9 Å². The molecule has 118 valence electrons. The highest BCUT2D eigenvalue weighted by Gasteiger charge is 2.33. The maximum Gasteiger partial charge on any atom is 0.322 e. The van der Waals surface area contributed by atoms with E-state index < -0.39 is 0 Å². The number of amides is 2. The van der Waals surface area contributed by atoms with E-state index in [0.29, 0.717) is 19.6 Å². The topological polar surface area (TPSA) is 93.8 Å². The van der Waals surface area contributed by atoms with Gasteiger partial charge in [-0.05, 0) is 17.5 Å². The molecule has 1 N–H and O–H groups in total. The molecule has 0 atom stereocenters. The fourth-order valence-electron chi connectivity index (χ4n) is 2.36. The number of anilines is 1. The number of hydrogen-bond acceptors (Lipinski definition) is 6. The van der Waals surface area contributed by atoms with Gasteiger partial charge in [-0.3, -0.25) is 5.32 Å². The number of thiophene rings is 1. The van der Waals surface area contributed by atoms with Gasteiger partial charge in [0, 0.05) is 13.1 Å². The summed E-state index contributed by atoms with van der Waals surface area (Å²) < 4.78 is 1.80. The quantitative estimate of drug-likeness (QED) is 0.772. The van der Waals surface area contributed by atoms with Crippen LogP contribution in [0.15, 0.2) is 36.1 Å².